The number of ether oxygens (including phenoxy) is 1. The van der Waals surface area contributed by atoms with E-state index < -0.39 is 22.5 Å². The van der Waals surface area contributed by atoms with Gasteiger partial charge in [-0.15, -0.1) is 0 Å². The van der Waals surface area contributed by atoms with Crippen LogP contribution in [0.4, 0.5) is 14.5 Å². The number of nitrogens with zero attached hydrogens (tertiary/aromatic N) is 3. The molecular weight excluding hydrogens is 605 g/mol. The maximum atomic E-state index is 14.0. The number of amides is 1. The molecule has 0 aliphatic carbocycles. The molecular formula is C27H25Cl3F2N4O3S. The number of methoxy groups -OCH3 is 1. The Morgan fingerprint density at radius 3 is 2.27 bits per heavy atom. The number of piperazine rings is 1. The van der Waals surface area contributed by atoms with Crippen molar-refractivity contribution in [1.29, 1.82) is 0 Å². The van der Waals surface area contributed by atoms with Crippen molar-refractivity contribution in [2.24, 2.45) is 0 Å². The number of H-pyrrole nitrogens is 1. The van der Waals surface area contributed by atoms with Crippen LogP contribution in [0.1, 0.15) is 27.2 Å². The molecule has 7 nitrogen and oxygen atoms in total. The van der Waals surface area contributed by atoms with Crippen LogP contribution in [-0.2, 0) is 18.5 Å². The fourth-order valence-corrected chi connectivity index (χ4v) is 6.58. The largest absolute Gasteiger partial charge is 0.495 e. The molecule has 212 valence electrons. The molecule has 2 aromatic carbocycles. The highest BCUT2D eigenvalue weighted by molar-refractivity contribution is 7.99. The van der Waals surface area contributed by atoms with E-state index in [1.54, 1.807) is 25.3 Å². The molecule has 1 aromatic heterocycles. The van der Waals surface area contributed by atoms with Crippen molar-refractivity contribution in [2.75, 3.05) is 45.2 Å². The highest BCUT2D eigenvalue weighted by Gasteiger charge is 2.35. The Morgan fingerprint density at radius 1 is 1.05 bits per heavy atom. The number of hydrogen-bond donors (Lipinski definition) is 1. The van der Waals surface area contributed by atoms with Crippen molar-refractivity contribution in [3.05, 3.63) is 79.2 Å². The summed E-state index contributed by atoms with van der Waals surface area (Å²) in [6, 6.07) is 9.70. The average Bonchev–Trinajstić information content (AvgIpc) is 3.32. The first-order valence-corrected chi connectivity index (χ1v) is 14.3. The van der Waals surface area contributed by atoms with Crippen LogP contribution in [0.15, 0.2) is 51.0 Å². The van der Waals surface area contributed by atoms with Crippen LogP contribution in [0.5, 0.6) is 5.75 Å². The van der Waals surface area contributed by atoms with Gasteiger partial charge in [0.2, 0.25) is 0 Å². The number of aromatic amines is 1. The molecule has 3 heterocycles. The SMILES string of the molecule is COc1cc2c(cc1N1CCN(C)CC1)CN(C(=O)c1c(Sc3c(Cl)cccc3Cl)cc(C(F)(F)Cl)[nH]c1=O)C2. The summed E-state index contributed by atoms with van der Waals surface area (Å²) in [5.41, 5.74) is 0.621. The first-order chi connectivity index (χ1) is 19.0. The van der Waals surface area contributed by atoms with Gasteiger partial charge in [-0.2, -0.15) is 8.78 Å². The molecule has 0 atom stereocenters. The van der Waals surface area contributed by atoms with E-state index in [4.69, 9.17) is 39.5 Å². The number of carbonyl (C=O) groups excluding carboxylic acids is 1. The number of aromatic nitrogens is 1. The zero-order valence-corrected chi connectivity index (χ0v) is 24.7. The molecule has 0 spiro atoms. The minimum atomic E-state index is -3.86. The van der Waals surface area contributed by atoms with Crippen LogP contribution in [-0.4, -0.2) is 61.0 Å². The quantitative estimate of drug-likeness (QED) is 0.336. The number of halogens is 5. The lowest BCUT2D eigenvalue weighted by Crippen LogP contribution is -2.44. The molecule has 3 aromatic rings. The third-order valence-electron chi connectivity index (χ3n) is 7.00. The predicted octanol–water partition coefficient (Wildman–Crippen LogP) is 6.04. The Morgan fingerprint density at radius 2 is 1.68 bits per heavy atom. The molecule has 40 heavy (non-hydrogen) atoms. The average molecular weight is 630 g/mol. The minimum Gasteiger partial charge on any atom is -0.495 e. The van der Waals surface area contributed by atoms with E-state index in [1.165, 1.54) is 4.90 Å². The van der Waals surface area contributed by atoms with Gasteiger partial charge in [-0.25, -0.2) is 0 Å². The first-order valence-electron chi connectivity index (χ1n) is 12.3. The van der Waals surface area contributed by atoms with Crippen molar-refractivity contribution < 1.29 is 18.3 Å². The number of benzene rings is 2. The van der Waals surface area contributed by atoms with Gasteiger partial charge >= 0.3 is 5.38 Å². The lowest BCUT2D eigenvalue weighted by atomic mass is 10.1. The molecule has 2 aliphatic heterocycles. The number of likely N-dealkylation sites (N-methyl/N-ethyl adjacent to an activating group) is 1. The number of anilines is 1. The third kappa shape index (κ3) is 5.78. The van der Waals surface area contributed by atoms with Crippen molar-refractivity contribution >= 4 is 58.2 Å². The van der Waals surface area contributed by atoms with E-state index in [1.807, 2.05) is 12.1 Å². The van der Waals surface area contributed by atoms with Crippen LogP contribution in [0.2, 0.25) is 10.0 Å². The van der Waals surface area contributed by atoms with E-state index in [9.17, 15) is 18.4 Å². The molecule has 1 amide bonds. The number of hydrogen-bond acceptors (Lipinski definition) is 6. The third-order valence-corrected chi connectivity index (χ3v) is 9.25. The van der Waals surface area contributed by atoms with Crippen molar-refractivity contribution in [2.45, 2.75) is 28.3 Å². The number of alkyl halides is 3. The lowest BCUT2D eigenvalue weighted by molar-refractivity contribution is 0.0740. The fourth-order valence-electron chi connectivity index (χ4n) is 4.84. The number of nitrogens with one attached hydrogen (secondary N) is 1. The van der Waals surface area contributed by atoms with Gasteiger partial charge in [0, 0.05) is 49.1 Å². The molecule has 1 saturated heterocycles. The molecule has 1 fully saturated rings. The monoisotopic (exact) mass is 628 g/mol. The second kappa shape index (κ2) is 11.4. The van der Waals surface area contributed by atoms with Crippen LogP contribution in [0.25, 0.3) is 0 Å². The lowest BCUT2D eigenvalue weighted by Gasteiger charge is -2.35. The minimum absolute atomic E-state index is 0.0364. The molecule has 0 saturated carbocycles. The Balaban J connectivity index is 1.50. The van der Waals surface area contributed by atoms with Crippen LogP contribution in [0.3, 0.4) is 0 Å². The maximum absolute atomic E-state index is 14.0. The van der Waals surface area contributed by atoms with E-state index >= 15 is 0 Å². The predicted molar refractivity (Wildman–Crippen MR) is 154 cm³/mol. The zero-order chi connectivity index (χ0) is 28.8. The van der Waals surface area contributed by atoms with Crippen molar-refractivity contribution in [3.8, 4) is 5.75 Å². The van der Waals surface area contributed by atoms with Crippen LogP contribution >= 0.6 is 46.6 Å². The summed E-state index contributed by atoms with van der Waals surface area (Å²) in [6.07, 6.45) is 0. The normalized spacial score (nSPS) is 15.9. The van der Waals surface area contributed by atoms with Gasteiger partial charge in [0.05, 0.1) is 22.8 Å². The summed E-state index contributed by atoms with van der Waals surface area (Å²) in [5.74, 6) is 0.0847. The maximum Gasteiger partial charge on any atom is 0.362 e. The summed E-state index contributed by atoms with van der Waals surface area (Å²) in [6.45, 7) is 3.97. The van der Waals surface area contributed by atoms with E-state index in [0.29, 0.717) is 10.6 Å². The van der Waals surface area contributed by atoms with Gasteiger partial charge in [0.25, 0.3) is 11.5 Å². The smallest absolute Gasteiger partial charge is 0.362 e. The molecule has 13 heteroatoms. The molecule has 0 unspecified atom stereocenters. The Bertz CT molecular complexity index is 1500. The number of fused-ring (bicyclic) bond motifs is 1. The summed E-state index contributed by atoms with van der Waals surface area (Å²) < 4.78 is 33.7. The highest BCUT2D eigenvalue weighted by atomic mass is 35.5. The fraction of sp³-hybridized carbons (Fsp3) is 0.333. The van der Waals surface area contributed by atoms with Crippen molar-refractivity contribution in [3.63, 3.8) is 0 Å². The number of pyridine rings is 1. The number of rotatable bonds is 6. The molecule has 0 radical (unpaired) electrons. The van der Waals surface area contributed by atoms with E-state index in [0.717, 1.165) is 60.8 Å². The van der Waals surface area contributed by atoms with Gasteiger partial charge in [-0.05, 0) is 60.1 Å². The molecule has 5 rings (SSSR count). The van der Waals surface area contributed by atoms with Gasteiger partial charge in [0.15, 0.2) is 0 Å². The van der Waals surface area contributed by atoms with Gasteiger partial charge in [-0.1, -0.05) is 41.0 Å². The second-order valence-corrected chi connectivity index (χ2v) is 12.0. The van der Waals surface area contributed by atoms with E-state index in [-0.39, 0.29) is 33.6 Å². The molecule has 0 bridgehead atoms. The molecule has 2 aliphatic rings. The Hall–Kier alpha value is -2.50. The van der Waals surface area contributed by atoms with Gasteiger partial charge in [-0.3, -0.25) is 9.59 Å². The van der Waals surface area contributed by atoms with Crippen LogP contribution in [0, 0.1) is 0 Å². The van der Waals surface area contributed by atoms with E-state index in [2.05, 4.69) is 21.8 Å². The number of carbonyl (C=O) groups is 1. The summed E-state index contributed by atoms with van der Waals surface area (Å²) >= 11 is 18.7. The van der Waals surface area contributed by atoms with Gasteiger partial charge in [0.1, 0.15) is 17.0 Å². The summed E-state index contributed by atoms with van der Waals surface area (Å²) in [7, 11) is 3.69. The Labute approximate surface area is 248 Å². The topological polar surface area (TPSA) is 68.9 Å². The van der Waals surface area contributed by atoms with Crippen molar-refractivity contribution in [1.82, 2.24) is 14.8 Å². The zero-order valence-electron chi connectivity index (χ0n) is 21.6. The Kier molecular flexibility index (Phi) is 8.27. The molecule has 1 N–H and O–H groups in total. The summed E-state index contributed by atoms with van der Waals surface area (Å²) in [5, 5.41) is -3.37. The highest BCUT2D eigenvalue weighted by Crippen LogP contribution is 2.42. The second-order valence-electron chi connectivity index (χ2n) is 9.65. The van der Waals surface area contributed by atoms with Gasteiger partial charge < -0.3 is 24.4 Å². The standard InChI is InChI=1S/C27H25Cl3F2N4O3S/c1-34-6-8-35(9-7-34)19-10-15-13-36(14-16(15)11-20(19)39-2)26(38)23-21(12-22(27(30,31)32)33-25(23)37)40-24-17(28)4-3-5-18(24)29/h3-5,10-12H,6-9,13-14H2,1-2H3,(H,33,37). The first kappa shape index (κ1) is 29.0. The summed E-state index contributed by atoms with van der Waals surface area (Å²) in [4.78, 5) is 35.3. The van der Waals surface area contributed by atoms with Crippen LogP contribution < -0.4 is 15.2 Å².